The number of alkyl halides is 1. The van der Waals surface area contributed by atoms with Gasteiger partial charge in [-0.25, -0.2) is 8.91 Å². The monoisotopic (exact) mass is 643 g/mol. The molecule has 1 aliphatic carbocycles. The van der Waals surface area contributed by atoms with E-state index in [1.165, 1.54) is 28.9 Å². The molecule has 2 N–H and O–H groups in total. The number of aromatic nitrogens is 3. The van der Waals surface area contributed by atoms with E-state index in [0.29, 0.717) is 36.1 Å². The van der Waals surface area contributed by atoms with Crippen molar-refractivity contribution in [2.75, 3.05) is 52.3 Å². The molecule has 3 aliphatic rings. The first-order chi connectivity index (χ1) is 22.6. The first kappa shape index (κ1) is 31.5. The van der Waals surface area contributed by atoms with Crippen molar-refractivity contribution >= 4 is 33.9 Å². The fraction of sp³-hybridized carbons (Fsp3) is 0.528. The Hall–Kier alpha value is -4.12. The zero-order valence-electron chi connectivity index (χ0n) is 27.9. The minimum atomic E-state index is -1.13. The van der Waals surface area contributed by atoms with Gasteiger partial charge in [0.25, 0.3) is 5.91 Å². The summed E-state index contributed by atoms with van der Waals surface area (Å²) in [5, 5.41) is 6.22. The molecule has 47 heavy (non-hydrogen) atoms. The second kappa shape index (κ2) is 12.5. The molecule has 11 heteroatoms. The van der Waals surface area contributed by atoms with Gasteiger partial charge in [0.1, 0.15) is 23.1 Å². The lowest BCUT2D eigenvalue weighted by Gasteiger charge is -2.34. The number of pyridine rings is 1. The summed E-state index contributed by atoms with van der Waals surface area (Å²) < 4.78 is 24.3. The number of hydrogen-bond acceptors (Lipinski definition) is 6. The molecule has 1 aromatic carbocycles. The van der Waals surface area contributed by atoms with Gasteiger partial charge < -0.3 is 29.7 Å². The number of nitrogens with two attached hydrogens (primary N) is 1. The number of halogens is 1. The van der Waals surface area contributed by atoms with Crippen LogP contribution in [0.15, 0.2) is 36.5 Å². The Morgan fingerprint density at radius 3 is 2.51 bits per heavy atom. The van der Waals surface area contributed by atoms with E-state index >= 15 is 0 Å². The fourth-order valence-corrected chi connectivity index (χ4v) is 7.44. The lowest BCUT2D eigenvalue weighted by atomic mass is 9.92. The quantitative estimate of drug-likeness (QED) is 0.294. The summed E-state index contributed by atoms with van der Waals surface area (Å²) >= 11 is 0. The molecule has 3 aromatic heterocycles. The number of carbonyl (C=O) groups is 2. The molecule has 0 radical (unpaired) electrons. The number of fused-ring (bicyclic) bond motifs is 2. The lowest BCUT2D eigenvalue weighted by Crippen LogP contribution is -2.50. The smallest absolute Gasteiger partial charge is 0.255 e. The molecule has 0 spiro atoms. The zero-order chi connectivity index (χ0) is 33.0. The molecule has 2 amide bonds. The molecule has 10 nitrogen and oxygen atoms in total. The number of amides is 2. The third-order valence-electron chi connectivity index (χ3n) is 10.3. The van der Waals surface area contributed by atoms with Crippen LogP contribution in [0.1, 0.15) is 54.4 Å². The summed E-state index contributed by atoms with van der Waals surface area (Å²) in [6, 6.07) is 10.3. The highest BCUT2D eigenvalue weighted by Crippen LogP contribution is 2.40. The molecule has 2 saturated heterocycles. The molecule has 250 valence electrons. The molecule has 3 fully saturated rings. The van der Waals surface area contributed by atoms with Gasteiger partial charge in [0.15, 0.2) is 0 Å². The first-order valence-corrected chi connectivity index (χ1v) is 16.9. The second-order valence-corrected chi connectivity index (χ2v) is 14.1. The van der Waals surface area contributed by atoms with E-state index in [9.17, 15) is 14.0 Å². The van der Waals surface area contributed by atoms with Crippen molar-refractivity contribution in [3.63, 3.8) is 0 Å². The van der Waals surface area contributed by atoms with E-state index in [1.807, 2.05) is 14.1 Å². The molecule has 1 saturated carbocycles. The van der Waals surface area contributed by atoms with Crippen molar-refractivity contribution in [3.8, 4) is 17.1 Å². The summed E-state index contributed by atoms with van der Waals surface area (Å²) in [6.07, 6.45) is 5.95. The Kier molecular flexibility index (Phi) is 8.36. The predicted octanol–water partition coefficient (Wildman–Crippen LogP) is 4.89. The lowest BCUT2D eigenvalue weighted by molar-refractivity contribution is -0.129. The third kappa shape index (κ3) is 6.17. The van der Waals surface area contributed by atoms with Gasteiger partial charge >= 0.3 is 0 Å². The van der Waals surface area contributed by atoms with E-state index < -0.39 is 6.17 Å². The van der Waals surface area contributed by atoms with Gasteiger partial charge in [0.2, 0.25) is 5.91 Å². The van der Waals surface area contributed by atoms with E-state index in [1.54, 1.807) is 28.8 Å². The van der Waals surface area contributed by atoms with Crippen LogP contribution in [0.5, 0.6) is 5.75 Å². The maximum Gasteiger partial charge on any atom is 0.255 e. The van der Waals surface area contributed by atoms with Crippen molar-refractivity contribution in [1.82, 2.24) is 24.0 Å². The van der Waals surface area contributed by atoms with Gasteiger partial charge in [-0.05, 0) is 75.1 Å². The number of likely N-dealkylation sites (tertiary alicyclic amines) is 1. The second-order valence-electron chi connectivity index (χ2n) is 14.1. The van der Waals surface area contributed by atoms with Crippen LogP contribution >= 0.6 is 0 Å². The highest BCUT2D eigenvalue weighted by molar-refractivity contribution is 5.96. The maximum absolute atomic E-state index is 14.3. The van der Waals surface area contributed by atoms with Crippen LogP contribution in [0, 0.1) is 18.8 Å². The van der Waals surface area contributed by atoms with Crippen LogP contribution in [0.4, 0.5) is 10.1 Å². The van der Waals surface area contributed by atoms with Crippen LogP contribution in [0.3, 0.4) is 0 Å². The number of rotatable bonds is 8. The molecule has 5 heterocycles. The standard InChI is InChI=1S/C36H46FN7O3/c1-22-34(39-44-19-26(15-32(47-4)35(22)44)36(46)42-20-27(37)16-28(38)21-42)31-14-25-7-8-29(17-30(25)43(31)18-24-5-6-24)41-11-9-23(10-12-41)13-33(45)40(2)3/h7-8,14-15,17,19,23-24,27-28H,5-6,9-13,16,18,20-21,38H2,1-4H3/t27-,28-/m1/s1. The van der Waals surface area contributed by atoms with Gasteiger partial charge in [0, 0.05) is 75.6 Å². The predicted molar refractivity (Wildman–Crippen MR) is 182 cm³/mol. The maximum atomic E-state index is 14.3. The Morgan fingerprint density at radius 1 is 1.06 bits per heavy atom. The van der Waals surface area contributed by atoms with Gasteiger partial charge in [-0.15, -0.1) is 0 Å². The van der Waals surface area contributed by atoms with Crippen molar-refractivity contribution in [1.29, 1.82) is 0 Å². The van der Waals surface area contributed by atoms with Crippen LogP contribution in [-0.2, 0) is 11.3 Å². The van der Waals surface area contributed by atoms with Crippen LogP contribution in [0.2, 0.25) is 0 Å². The molecule has 2 aliphatic heterocycles. The Bertz CT molecular complexity index is 1810. The topological polar surface area (TPSA) is 101 Å². The van der Waals surface area contributed by atoms with Gasteiger partial charge in [-0.2, -0.15) is 5.10 Å². The summed E-state index contributed by atoms with van der Waals surface area (Å²) in [5.41, 5.74) is 12.5. The molecule has 2 atom stereocenters. The average molecular weight is 644 g/mol. The molecule has 0 bridgehead atoms. The number of ether oxygens (including phenoxy) is 1. The van der Waals surface area contributed by atoms with Gasteiger partial charge in [-0.1, -0.05) is 6.07 Å². The van der Waals surface area contributed by atoms with Crippen LogP contribution < -0.4 is 15.4 Å². The highest BCUT2D eigenvalue weighted by atomic mass is 19.1. The average Bonchev–Trinajstić information content (AvgIpc) is 3.72. The van der Waals surface area contributed by atoms with Crippen LogP contribution in [0.25, 0.3) is 27.8 Å². The van der Waals surface area contributed by atoms with Crippen molar-refractivity contribution in [2.45, 2.75) is 64.2 Å². The zero-order valence-corrected chi connectivity index (χ0v) is 27.9. The van der Waals surface area contributed by atoms with E-state index in [0.717, 1.165) is 60.3 Å². The molecular weight excluding hydrogens is 597 g/mol. The summed E-state index contributed by atoms with van der Waals surface area (Å²) in [6.45, 7) is 5.21. The number of hydrogen-bond donors (Lipinski definition) is 1. The van der Waals surface area contributed by atoms with Crippen LogP contribution in [-0.4, -0.2) is 95.4 Å². The third-order valence-corrected chi connectivity index (χ3v) is 10.3. The Morgan fingerprint density at radius 2 is 1.83 bits per heavy atom. The number of piperidine rings is 2. The minimum Gasteiger partial charge on any atom is -0.494 e. The Balaban J connectivity index is 1.22. The molecule has 4 aromatic rings. The SMILES string of the molecule is COc1cc(C(=O)N2C[C@H](N)C[C@@H](F)C2)cn2nc(-c3cc4ccc(N5CCC(CC(=O)N(C)C)CC5)cc4n3CC3CC3)c(C)c12. The number of benzene rings is 1. The molecule has 0 unspecified atom stereocenters. The normalized spacial score (nSPS) is 20.7. The molecular formula is C36H46FN7O3. The fourth-order valence-electron chi connectivity index (χ4n) is 7.44. The van der Waals surface area contributed by atoms with Crippen molar-refractivity contribution in [3.05, 3.63) is 47.7 Å². The first-order valence-electron chi connectivity index (χ1n) is 16.9. The molecule has 7 rings (SSSR count). The van der Waals surface area contributed by atoms with E-state index in [2.05, 4.69) is 40.7 Å². The van der Waals surface area contributed by atoms with E-state index in [-0.39, 0.29) is 30.8 Å². The summed E-state index contributed by atoms with van der Waals surface area (Å²) in [4.78, 5) is 31.4. The number of methoxy groups -OCH3 is 1. The highest BCUT2D eigenvalue weighted by Gasteiger charge is 2.31. The van der Waals surface area contributed by atoms with Crippen molar-refractivity contribution in [2.24, 2.45) is 17.6 Å². The van der Waals surface area contributed by atoms with Gasteiger partial charge in [-0.3, -0.25) is 9.59 Å². The van der Waals surface area contributed by atoms with E-state index in [4.69, 9.17) is 15.6 Å². The van der Waals surface area contributed by atoms with Gasteiger partial charge in [0.05, 0.1) is 30.4 Å². The number of carbonyl (C=O) groups excluding carboxylic acids is 2. The summed E-state index contributed by atoms with van der Waals surface area (Å²) in [7, 11) is 5.25. The Labute approximate surface area is 275 Å². The number of anilines is 1. The minimum absolute atomic E-state index is 0.0354. The number of aryl methyl sites for hydroxylation is 1. The summed E-state index contributed by atoms with van der Waals surface area (Å²) in [5.74, 6) is 1.55. The number of nitrogens with zero attached hydrogens (tertiary/aromatic N) is 6. The largest absolute Gasteiger partial charge is 0.494 e. The van der Waals surface area contributed by atoms with Crippen molar-refractivity contribution < 1.29 is 18.7 Å².